The highest BCUT2D eigenvalue weighted by molar-refractivity contribution is 9.10. The van der Waals surface area contributed by atoms with Gasteiger partial charge < -0.3 is 10.0 Å². The first-order valence-electron chi connectivity index (χ1n) is 6.61. The smallest absolute Gasteiger partial charge is 0.0762 e. The largest absolute Gasteiger partial charge is 0.389 e. The fourth-order valence-corrected chi connectivity index (χ4v) is 3.04. The van der Waals surface area contributed by atoms with Gasteiger partial charge in [0.2, 0.25) is 0 Å². The summed E-state index contributed by atoms with van der Waals surface area (Å²) in [6.45, 7) is 8.70. The number of nitrogens with zero attached hydrogens (tertiary/aromatic N) is 1. The van der Waals surface area contributed by atoms with E-state index in [9.17, 15) is 5.11 Å². The van der Waals surface area contributed by atoms with Gasteiger partial charge in [0, 0.05) is 17.6 Å². The van der Waals surface area contributed by atoms with Crippen LogP contribution in [0.3, 0.4) is 0 Å². The molecule has 1 aliphatic rings. The highest BCUT2D eigenvalue weighted by Crippen LogP contribution is 2.35. The van der Waals surface area contributed by atoms with Crippen LogP contribution in [-0.2, 0) is 0 Å². The third-order valence-corrected chi connectivity index (χ3v) is 4.55. The lowest BCUT2D eigenvalue weighted by molar-refractivity contribution is 0.199. The van der Waals surface area contributed by atoms with E-state index in [0.29, 0.717) is 5.41 Å². The minimum absolute atomic E-state index is 0.407. The number of piperidine rings is 1. The first-order valence-corrected chi connectivity index (χ1v) is 7.41. The molecule has 1 aromatic carbocycles. The molecule has 0 aliphatic carbocycles. The molecule has 0 radical (unpaired) electrons. The van der Waals surface area contributed by atoms with Crippen LogP contribution in [-0.4, -0.2) is 18.2 Å². The summed E-state index contributed by atoms with van der Waals surface area (Å²) in [6, 6.07) is 6.16. The van der Waals surface area contributed by atoms with Crippen molar-refractivity contribution in [2.24, 2.45) is 5.41 Å². The highest BCUT2D eigenvalue weighted by atomic mass is 79.9. The summed E-state index contributed by atoms with van der Waals surface area (Å²) in [7, 11) is 0. The number of aliphatic hydroxyl groups excluding tert-OH is 1. The number of benzene rings is 1. The predicted molar refractivity (Wildman–Crippen MR) is 80.0 cm³/mol. The van der Waals surface area contributed by atoms with Crippen LogP contribution in [0.2, 0.25) is 0 Å². The van der Waals surface area contributed by atoms with Crippen molar-refractivity contribution < 1.29 is 5.11 Å². The molecular formula is C15H22BrNO. The summed E-state index contributed by atoms with van der Waals surface area (Å²) in [5.74, 6) is 0. The number of rotatable bonds is 2. The van der Waals surface area contributed by atoms with Gasteiger partial charge >= 0.3 is 0 Å². The molecule has 2 nitrogen and oxygen atoms in total. The normalized spacial score (nSPS) is 20.8. The van der Waals surface area contributed by atoms with Crippen molar-refractivity contribution in [3.8, 4) is 0 Å². The van der Waals surface area contributed by atoms with Gasteiger partial charge in [-0.15, -0.1) is 0 Å². The molecule has 1 fully saturated rings. The monoisotopic (exact) mass is 311 g/mol. The van der Waals surface area contributed by atoms with Crippen molar-refractivity contribution >= 4 is 21.6 Å². The molecule has 1 aromatic rings. The Balaban J connectivity index is 2.15. The zero-order valence-electron chi connectivity index (χ0n) is 11.4. The summed E-state index contributed by atoms with van der Waals surface area (Å²) < 4.78 is 1.08. The number of anilines is 1. The van der Waals surface area contributed by atoms with E-state index in [2.05, 4.69) is 40.7 Å². The summed E-state index contributed by atoms with van der Waals surface area (Å²) in [5.41, 5.74) is 2.68. The number of aliphatic hydroxyl groups is 1. The maximum absolute atomic E-state index is 9.58. The van der Waals surface area contributed by atoms with Gasteiger partial charge in [0.1, 0.15) is 0 Å². The SMILES string of the molecule is C[C@@H](O)c1ccc(N2CCC(C)(C)CC2)c(Br)c1. The molecule has 2 rings (SSSR count). The van der Waals surface area contributed by atoms with Crippen molar-refractivity contribution in [3.05, 3.63) is 28.2 Å². The molecule has 1 N–H and O–H groups in total. The second-order valence-electron chi connectivity index (χ2n) is 6.04. The molecule has 1 atom stereocenters. The van der Waals surface area contributed by atoms with Gasteiger partial charge in [0.15, 0.2) is 0 Å². The van der Waals surface area contributed by atoms with Gasteiger partial charge in [-0.25, -0.2) is 0 Å². The molecule has 0 saturated carbocycles. The third-order valence-electron chi connectivity index (χ3n) is 3.91. The van der Waals surface area contributed by atoms with E-state index in [1.165, 1.54) is 18.5 Å². The van der Waals surface area contributed by atoms with E-state index in [1.54, 1.807) is 6.92 Å². The Hall–Kier alpha value is -0.540. The Bertz CT molecular complexity index is 419. The lowest BCUT2D eigenvalue weighted by atomic mass is 9.82. The van der Waals surface area contributed by atoms with Crippen molar-refractivity contribution in [2.45, 2.75) is 39.7 Å². The summed E-state index contributed by atoms with van der Waals surface area (Å²) >= 11 is 3.63. The molecule has 0 aromatic heterocycles. The average Bonchev–Trinajstić information content (AvgIpc) is 2.29. The summed E-state index contributed by atoms with van der Waals surface area (Å²) in [5, 5.41) is 9.58. The fourth-order valence-electron chi connectivity index (χ4n) is 2.39. The van der Waals surface area contributed by atoms with Crippen LogP contribution < -0.4 is 4.90 Å². The Morgan fingerprint density at radius 1 is 1.28 bits per heavy atom. The second kappa shape index (κ2) is 5.22. The molecule has 0 bridgehead atoms. The molecule has 1 heterocycles. The van der Waals surface area contributed by atoms with Gasteiger partial charge in [0.25, 0.3) is 0 Å². The highest BCUT2D eigenvalue weighted by Gasteiger charge is 2.26. The van der Waals surface area contributed by atoms with E-state index in [1.807, 2.05) is 12.1 Å². The van der Waals surface area contributed by atoms with Gasteiger partial charge in [-0.3, -0.25) is 0 Å². The van der Waals surface area contributed by atoms with E-state index < -0.39 is 6.10 Å². The molecular weight excluding hydrogens is 290 g/mol. The predicted octanol–water partition coefficient (Wildman–Crippen LogP) is 4.13. The lowest BCUT2D eigenvalue weighted by Gasteiger charge is -2.38. The summed E-state index contributed by atoms with van der Waals surface area (Å²) in [4.78, 5) is 2.43. The Morgan fingerprint density at radius 3 is 2.39 bits per heavy atom. The van der Waals surface area contributed by atoms with Crippen LogP contribution in [0.5, 0.6) is 0 Å². The van der Waals surface area contributed by atoms with Gasteiger partial charge in [0.05, 0.1) is 11.8 Å². The second-order valence-corrected chi connectivity index (χ2v) is 6.89. The standard InChI is InChI=1S/C15H22BrNO/c1-11(18)12-4-5-14(13(16)10-12)17-8-6-15(2,3)7-9-17/h4-5,10-11,18H,6-9H2,1-3H3/t11-/m1/s1. The van der Waals surface area contributed by atoms with Crippen molar-refractivity contribution in [2.75, 3.05) is 18.0 Å². The van der Waals surface area contributed by atoms with Gasteiger partial charge in [-0.2, -0.15) is 0 Å². The average molecular weight is 312 g/mol. The Kier molecular flexibility index (Phi) is 4.02. The number of halogens is 1. The summed E-state index contributed by atoms with van der Waals surface area (Å²) in [6.07, 6.45) is 2.06. The van der Waals surface area contributed by atoms with Crippen LogP contribution >= 0.6 is 15.9 Å². The first-order chi connectivity index (χ1) is 8.39. The van der Waals surface area contributed by atoms with Crippen molar-refractivity contribution in [1.29, 1.82) is 0 Å². The maximum Gasteiger partial charge on any atom is 0.0762 e. The van der Waals surface area contributed by atoms with Crippen LogP contribution in [0.1, 0.15) is 45.3 Å². The van der Waals surface area contributed by atoms with E-state index in [-0.39, 0.29) is 0 Å². The van der Waals surface area contributed by atoms with Crippen molar-refractivity contribution in [1.82, 2.24) is 0 Å². The topological polar surface area (TPSA) is 23.5 Å². The molecule has 0 unspecified atom stereocenters. The van der Waals surface area contributed by atoms with Crippen LogP contribution in [0, 0.1) is 5.41 Å². The number of hydrogen-bond donors (Lipinski definition) is 1. The fraction of sp³-hybridized carbons (Fsp3) is 0.600. The quantitative estimate of drug-likeness (QED) is 0.887. The van der Waals surface area contributed by atoms with Crippen LogP contribution in [0.15, 0.2) is 22.7 Å². The van der Waals surface area contributed by atoms with Crippen LogP contribution in [0.4, 0.5) is 5.69 Å². The lowest BCUT2D eigenvalue weighted by Crippen LogP contribution is -2.37. The first kappa shape index (κ1) is 13.9. The zero-order chi connectivity index (χ0) is 13.3. The molecule has 18 heavy (non-hydrogen) atoms. The minimum atomic E-state index is -0.407. The molecule has 3 heteroatoms. The third kappa shape index (κ3) is 3.07. The molecule has 1 aliphatic heterocycles. The molecule has 100 valence electrons. The van der Waals surface area contributed by atoms with E-state index in [0.717, 1.165) is 23.1 Å². The molecule has 0 amide bonds. The molecule has 0 spiro atoms. The zero-order valence-corrected chi connectivity index (χ0v) is 13.0. The van der Waals surface area contributed by atoms with E-state index >= 15 is 0 Å². The van der Waals surface area contributed by atoms with Crippen molar-refractivity contribution in [3.63, 3.8) is 0 Å². The van der Waals surface area contributed by atoms with Crippen LogP contribution in [0.25, 0.3) is 0 Å². The maximum atomic E-state index is 9.58. The Labute approximate surface area is 118 Å². The Morgan fingerprint density at radius 2 is 1.89 bits per heavy atom. The van der Waals surface area contributed by atoms with Gasteiger partial charge in [-0.1, -0.05) is 19.9 Å². The van der Waals surface area contributed by atoms with Gasteiger partial charge in [-0.05, 0) is 58.8 Å². The van der Waals surface area contributed by atoms with E-state index in [4.69, 9.17) is 0 Å². The minimum Gasteiger partial charge on any atom is -0.389 e. The molecule has 1 saturated heterocycles. The number of hydrogen-bond acceptors (Lipinski definition) is 2.